The molecule has 0 unspecified atom stereocenters. The molecule has 0 bridgehead atoms. The zero-order chi connectivity index (χ0) is 22.6. The van der Waals surface area contributed by atoms with Gasteiger partial charge in [0.1, 0.15) is 0 Å². The first kappa shape index (κ1) is 22.6. The second-order valence-corrected chi connectivity index (χ2v) is 10.5. The third kappa shape index (κ3) is 5.22. The highest BCUT2D eigenvalue weighted by molar-refractivity contribution is 7.89. The topological polar surface area (TPSA) is 71.4 Å². The van der Waals surface area contributed by atoms with E-state index >= 15 is 0 Å². The van der Waals surface area contributed by atoms with Gasteiger partial charge < -0.3 is 9.88 Å². The fraction of sp³-hybridized carbons (Fsp3) is 0.400. The van der Waals surface area contributed by atoms with Gasteiger partial charge in [-0.1, -0.05) is 30.3 Å². The average molecular weight is 454 g/mol. The van der Waals surface area contributed by atoms with Crippen molar-refractivity contribution in [2.24, 2.45) is 0 Å². The molecule has 1 N–H and O–H groups in total. The fourth-order valence-corrected chi connectivity index (χ4v) is 5.83. The van der Waals surface area contributed by atoms with E-state index in [1.807, 2.05) is 48.0 Å². The Morgan fingerprint density at radius 3 is 2.56 bits per heavy atom. The molecule has 1 saturated heterocycles. The molecule has 1 aliphatic rings. The first-order valence-corrected chi connectivity index (χ1v) is 12.8. The van der Waals surface area contributed by atoms with Gasteiger partial charge in [-0.05, 0) is 62.4 Å². The molecule has 32 heavy (non-hydrogen) atoms. The Bertz CT molecular complexity index is 1170. The Morgan fingerprint density at radius 1 is 1.06 bits per heavy atom. The monoisotopic (exact) mass is 453 g/mol. The van der Waals surface area contributed by atoms with Gasteiger partial charge in [-0.25, -0.2) is 8.42 Å². The van der Waals surface area contributed by atoms with Gasteiger partial charge in [-0.2, -0.15) is 4.31 Å². The lowest BCUT2D eigenvalue weighted by atomic mass is 10.1. The van der Waals surface area contributed by atoms with Gasteiger partial charge in [0.05, 0.1) is 4.90 Å². The molecule has 1 amide bonds. The number of rotatable bonds is 9. The summed E-state index contributed by atoms with van der Waals surface area (Å²) < 4.78 is 29.2. The Balaban J connectivity index is 1.32. The largest absolute Gasteiger partial charge is 0.354 e. The van der Waals surface area contributed by atoms with E-state index in [0.717, 1.165) is 36.6 Å². The zero-order valence-electron chi connectivity index (χ0n) is 18.5. The van der Waals surface area contributed by atoms with E-state index in [9.17, 15) is 13.2 Å². The van der Waals surface area contributed by atoms with Gasteiger partial charge >= 0.3 is 0 Å². The van der Waals surface area contributed by atoms with E-state index in [1.165, 1.54) is 5.56 Å². The Morgan fingerprint density at radius 2 is 1.81 bits per heavy atom. The molecule has 0 saturated carbocycles. The first-order valence-electron chi connectivity index (χ1n) is 11.4. The van der Waals surface area contributed by atoms with Crippen LogP contribution in [0.2, 0.25) is 0 Å². The molecule has 1 aromatic heterocycles. The number of carbonyl (C=O) groups is 1. The van der Waals surface area contributed by atoms with E-state index < -0.39 is 10.0 Å². The van der Waals surface area contributed by atoms with Crippen LogP contribution in [-0.2, 0) is 27.8 Å². The summed E-state index contributed by atoms with van der Waals surface area (Å²) in [4.78, 5) is 12.8. The molecular formula is C25H31N3O3S. The number of nitrogens with one attached hydrogen (secondary N) is 1. The maximum absolute atomic E-state index is 12.8. The average Bonchev–Trinajstić information content (AvgIpc) is 3.47. The fourth-order valence-electron chi connectivity index (χ4n) is 4.28. The number of aromatic nitrogens is 1. The van der Waals surface area contributed by atoms with Crippen LogP contribution < -0.4 is 5.32 Å². The zero-order valence-corrected chi connectivity index (χ0v) is 19.4. The number of carbonyl (C=O) groups excluding carboxylic acids is 1. The summed E-state index contributed by atoms with van der Waals surface area (Å²) in [5, 5.41) is 3.96. The maximum atomic E-state index is 12.8. The van der Waals surface area contributed by atoms with E-state index in [1.54, 1.807) is 16.4 Å². The number of nitrogens with zero attached hydrogens (tertiary/aromatic N) is 2. The lowest BCUT2D eigenvalue weighted by molar-refractivity contribution is -0.121. The highest BCUT2D eigenvalue weighted by atomic mass is 32.2. The van der Waals surface area contributed by atoms with Crippen molar-refractivity contribution in [1.82, 2.24) is 14.2 Å². The normalized spacial score (nSPS) is 15.8. The van der Waals surface area contributed by atoms with Crippen molar-refractivity contribution in [3.8, 4) is 0 Å². The number of amides is 1. The third-order valence-corrected chi connectivity index (χ3v) is 8.04. The minimum atomic E-state index is -3.43. The van der Waals surface area contributed by atoms with Crippen LogP contribution in [0.25, 0.3) is 10.9 Å². The molecular weight excluding hydrogens is 422 g/mol. The molecule has 1 atom stereocenters. The summed E-state index contributed by atoms with van der Waals surface area (Å²) >= 11 is 0. The van der Waals surface area contributed by atoms with E-state index in [2.05, 4.69) is 17.4 Å². The quantitative estimate of drug-likeness (QED) is 0.533. The molecule has 170 valence electrons. The van der Waals surface area contributed by atoms with Gasteiger partial charge in [-0.15, -0.1) is 0 Å². The SMILES string of the molecule is C[C@@H](CCc1ccccc1)NC(=O)CCn1ccc2cc(S(=O)(=O)N3CCCC3)ccc21. The van der Waals surface area contributed by atoms with Crippen molar-refractivity contribution in [2.75, 3.05) is 13.1 Å². The van der Waals surface area contributed by atoms with Crippen LogP contribution in [0, 0.1) is 0 Å². The van der Waals surface area contributed by atoms with Crippen molar-refractivity contribution in [3.05, 3.63) is 66.4 Å². The Kier molecular flexibility index (Phi) is 6.96. The van der Waals surface area contributed by atoms with Crippen LogP contribution in [-0.4, -0.2) is 42.3 Å². The van der Waals surface area contributed by atoms with Crippen LogP contribution in [0.4, 0.5) is 0 Å². The smallest absolute Gasteiger partial charge is 0.243 e. The van der Waals surface area contributed by atoms with E-state index in [0.29, 0.717) is 31.0 Å². The molecule has 6 nitrogen and oxygen atoms in total. The summed E-state index contributed by atoms with van der Waals surface area (Å²) in [5.41, 5.74) is 2.22. The van der Waals surface area contributed by atoms with Gasteiger partial charge in [0.2, 0.25) is 15.9 Å². The molecule has 7 heteroatoms. The Labute approximate surface area is 190 Å². The number of sulfonamides is 1. The van der Waals surface area contributed by atoms with Crippen LogP contribution >= 0.6 is 0 Å². The predicted octanol–water partition coefficient (Wildman–Crippen LogP) is 3.95. The van der Waals surface area contributed by atoms with Crippen molar-refractivity contribution in [1.29, 1.82) is 0 Å². The molecule has 4 rings (SSSR count). The second kappa shape index (κ2) is 9.88. The van der Waals surface area contributed by atoms with Crippen LogP contribution in [0.3, 0.4) is 0 Å². The highest BCUT2D eigenvalue weighted by Gasteiger charge is 2.27. The maximum Gasteiger partial charge on any atom is 0.243 e. The summed E-state index contributed by atoms with van der Waals surface area (Å²) in [6.07, 6.45) is 5.98. The third-order valence-electron chi connectivity index (χ3n) is 6.14. The molecule has 2 aromatic carbocycles. The van der Waals surface area contributed by atoms with Gasteiger partial charge in [0, 0.05) is 49.2 Å². The number of hydrogen-bond acceptors (Lipinski definition) is 3. The number of fused-ring (bicyclic) bond motifs is 1. The standard InChI is InChI=1S/C25H31N3O3S/c1-20(9-10-21-7-3-2-4-8-21)26-25(29)14-18-27-17-13-22-19-23(11-12-24(22)27)32(30,31)28-15-5-6-16-28/h2-4,7-8,11-13,17,19-20H,5-6,9-10,14-16,18H2,1H3,(H,26,29)/t20-/m0/s1. The van der Waals surface area contributed by atoms with Gasteiger partial charge in [0.15, 0.2) is 0 Å². The van der Waals surface area contributed by atoms with Crippen LogP contribution in [0.15, 0.2) is 65.7 Å². The highest BCUT2D eigenvalue weighted by Crippen LogP contribution is 2.25. The predicted molar refractivity (Wildman–Crippen MR) is 127 cm³/mol. The van der Waals surface area contributed by atoms with Gasteiger partial charge in [0.25, 0.3) is 0 Å². The summed E-state index contributed by atoms with van der Waals surface area (Å²) in [5.74, 6) is 0.0284. The first-order chi connectivity index (χ1) is 15.4. The van der Waals surface area contributed by atoms with Crippen LogP contribution in [0.1, 0.15) is 38.2 Å². The lowest BCUT2D eigenvalue weighted by Gasteiger charge is -2.16. The lowest BCUT2D eigenvalue weighted by Crippen LogP contribution is -2.33. The number of hydrogen-bond donors (Lipinski definition) is 1. The molecule has 1 aliphatic heterocycles. The van der Waals surface area contributed by atoms with Crippen LogP contribution in [0.5, 0.6) is 0 Å². The Hall–Kier alpha value is -2.64. The van der Waals surface area contributed by atoms with Crippen molar-refractivity contribution in [2.45, 2.75) is 56.5 Å². The molecule has 3 aromatic rings. The van der Waals surface area contributed by atoms with Crippen molar-refractivity contribution < 1.29 is 13.2 Å². The molecule has 0 radical (unpaired) electrons. The summed E-state index contributed by atoms with van der Waals surface area (Å²) in [6.45, 7) is 3.79. The van der Waals surface area contributed by atoms with E-state index in [-0.39, 0.29) is 11.9 Å². The minimum absolute atomic E-state index is 0.0284. The van der Waals surface area contributed by atoms with Crippen molar-refractivity contribution >= 4 is 26.8 Å². The molecule has 0 spiro atoms. The molecule has 1 fully saturated rings. The van der Waals surface area contributed by atoms with Crippen molar-refractivity contribution in [3.63, 3.8) is 0 Å². The number of benzene rings is 2. The summed E-state index contributed by atoms with van der Waals surface area (Å²) in [7, 11) is -3.43. The second-order valence-electron chi connectivity index (χ2n) is 8.58. The molecule has 2 heterocycles. The molecule has 0 aliphatic carbocycles. The minimum Gasteiger partial charge on any atom is -0.354 e. The number of aryl methyl sites for hydroxylation is 2. The van der Waals surface area contributed by atoms with E-state index in [4.69, 9.17) is 0 Å². The van der Waals surface area contributed by atoms with Gasteiger partial charge in [-0.3, -0.25) is 4.79 Å². The summed E-state index contributed by atoms with van der Waals surface area (Å²) in [6, 6.07) is 17.6.